The van der Waals surface area contributed by atoms with E-state index in [2.05, 4.69) is 4.98 Å². The van der Waals surface area contributed by atoms with Gasteiger partial charge in [0.25, 0.3) is 11.1 Å². The summed E-state index contributed by atoms with van der Waals surface area (Å²) in [7, 11) is 0. The van der Waals surface area contributed by atoms with E-state index in [0.717, 1.165) is 16.9 Å². The van der Waals surface area contributed by atoms with Crippen LogP contribution in [0.25, 0.3) is 11.1 Å². The number of furan rings is 1. The molecule has 1 saturated heterocycles. The predicted molar refractivity (Wildman–Crippen MR) is 89.0 cm³/mol. The van der Waals surface area contributed by atoms with Crippen LogP contribution in [0.3, 0.4) is 0 Å². The third-order valence-corrected chi connectivity index (χ3v) is 4.63. The smallest absolute Gasteiger partial charge is 0.289 e. The molecule has 2 aromatic heterocycles. The van der Waals surface area contributed by atoms with Crippen LogP contribution >= 0.6 is 11.8 Å². The number of morpholine rings is 1. The highest BCUT2D eigenvalue weighted by Crippen LogP contribution is 2.27. The standard InChI is InChI=1S/C17H16N2O4S/c20-16(19-7-9-21-10-8-19)15-6-5-12(22-15)11-24-17-18-13-3-1-2-4-14(13)23-17/h1-6H,7-11H2. The van der Waals surface area contributed by atoms with Gasteiger partial charge in [0.15, 0.2) is 11.3 Å². The Bertz CT molecular complexity index is 818. The van der Waals surface area contributed by atoms with Gasteiger partial charge in [-0.3, -0.25) is 4.79 Å². The van der Waals surface area contributed by atoms with Crippen molar-refractivity contribution in [3.05, 3.63) is 47.9 Å². The van der Waals surface area contributed by atoms with Crippen LogP contribution in [0.2, 0.25) is 0 Å². The van der Waals surface area contributed by atoms with Crippen LogP contribution in [-0.4, -0.2) is 42.1 Å². The molecule has 1 aliphatic heterocycles. The highest BCUT2D eigenvalue weighted by molar-refractivity contribution is 7.98. The number of rotatable bonds is 4. The van der Waals surface area contributed by atoms with Gasteiger partial charge in [-0.05, 0) is 24.3 Å². The molecule has 24 heavy (non-hydrogen) atoms. The molecular weight excluding hydrogens is 328 g/mol. The van der Waals surface area contributed by atoms with E-state index in [9.17, 15) is 4.79 Å². The number of amides is 1. The first-order chi connectivity index (χ1) is 11.8. The van der Waals surface area contributed by atoms with Crippen molar-refractivity contribution in [3.63, 3.8) is 0 Å². The molecule has 0 N–H and O–H groups in total. The van der Waals surface area contributed by atoms with E-state index >= 15 is 0 Å². The number of carbonyl (C=O) groups is 1. The van der Waals surface area contributed by atoms with Gasteiger partial charge in [-0.15, -0.1) is 0 Å². The first-order valence-corrected chi connectivity index (χ1v) is 8.72. The first-order valence-electron chi connectivity index (χ1n) is 7.74. The largest absolute Gasteiger partial charge is 0.455 e. The summed E-state index contributed by atoms with van der Waals surface area (Å²) in [5.74, 6) is 1.56. The highest BCUT2D eigenvalue weighted by atomic mass is 32.2. The fourth-order valence-electron chi connectivity index (χ4n) is 2.54. The zero-order chi connectivity index (χ0) is 16.4. The molecular formula is C17H16N2O4S. The average molecular weight is 344 g/mol. The average Bonchev–Trinajstić information content (AvgIpc) is 3.26. The van der Waals surface area contributed by atoms with E-state index in [1.54, 1.807) is 11.0 Å². The molecule has 4 rings (SSSR count). The van der Waals surface area contributed by atoms with E-state index in [4.69, 9.17) is 13.6 Å². The lowest BCUT2D eigenvalue weighted by molar-refractivity contribution is 0.0282. The molecule has 6 nitrogen and oxygen atoms in total. The normalized spacial score (nSPS) is 15.1. The van der Waals surface area contributed by atoms with E-state index < -0.39 is 0 Å². The second kappa shape index (κ2) is 6.70. The summed E-state index contributed by atoms with van der Waals surface area (Å²) in [5, 5.41) is 0.591. The van der Waals surface area contributed by atoms with Crippen molar-refractivity contribution in [2.45, 2.75) is 11.0 Å². The first kappa shape index (κ1) is 15.3. The minimum Gasteiger partial charge on any atom is -0.455 e. The summed E-state index contributed by atoms with van der Waals surface area (Å²) < 4.78 is 16.6. The van der Waals surface area contributed by atoms with Crippen LogP contribution < -0.4 is 0 Å². The molecule has 0 spiro atoms. The lowest BCUT2D eigenvalue weighted by atomic mass is 10.3. The zero-order valence-electron chi connectivity index (χ0n) is 12.9. The predicted octanol–water partition coefficient (Wildman–Crippen LogP) is 3.19. The maximum atomic E-state index is 12.3. The fraction of sp³-hybridized carbons (Fsp3) is 0.294. The second-order valence-corrected chi connectivity index (χ2v) is 6.33. The van der Waals surface area contributed by atoms with E-state index in [0.29, 0.717) is 43.0 Å². The lowest BCUT2D eigenvalue weighted by Gasteiger charge is -2.25. The van der Waals surface area contributed by atoms with Gasteiger partial charge < -0.3 is 18.5 Å². The SMILES string of the molecule is O=C(c1ccc(CSc2nc3ccccc3o2)o1)N1CCOCC1. The van der Waals surface area contributed by atoms with Crippen molar-refractivity contribution < 1.29 is 18.4 Å². The number of aromatic nitrogens is 1. The summed E-state index contributed by atoms with van der Waals surface area (Å²) in [6, 6.07) is 11.2. The topological polar surface area (TPSA) is 68.7 Å². The van der Waals surface area contributed by atoms with Gasteiger partial charge in [-0.1, -0.05) is 23.9 Å². The number of oxazole rings is 1. The second-order valence-electron chi connectivity index (χ2n) is 5.41. The number of thioether (sulfide) groups is 1. The highest BCUT2D eigenvalue weighted by Gasteiger charge is 2.21. The summed E-state index contributed by atoms with van der Waals surface area (Å²) in [6.45, 7) is 2.36. The van der Waals surface area contributed by atoms with Crippen molar-refractivity contribution in [1.82, 2.24) is 9.88 Å². The molecule has 0 saturated carbocycles. The molecule has 7 heteroatoms. The molecule has 1 fully saturated rings. The summed E-state index contributed by atoms with van der Waals surface area (Å²) in [6.07, 6.45) is 0. The van der Waals surface area contributed by atoms with Crippen LogP contribution in [0, 0.1) is 0 Å². The Hall–Kier alpha value is -2.25. The summed E-state index contributed by atoms with van der Waals surface area (Å²) >= 11 is 1.44. The van der Waals surface area contributed by atoms with Crippen molar-refractivity contribution in [1.29, 1.82) is 0 Å². The quantitative estimate of drug-likeness (QED) is 0.677. The Labute approximate surface area is 142 Å². The monoisotopic (exact) mass is 344 g/mol. The Kier molecular flexibility index (Phi) is 4.27. The maximum Gasteiger partial charge on any atom is 0.289 e. The molecule has 3 aromatic rings. The Morgan fingerprint density at radius 1 is 1.12 bits per heavy atom. The lowest BCUT2D eigenvalue weighted by Crippen LogP contribution is -2.40. The van der Waals surface area contributed by atoms with Crippen LogP contribution in [0.15, 0.2) is 50.5 Å². The van der Waals surface area contributed by atoms with Gasteiger partial charge >= 0.3 is 0 Å². The van der Waals surface area contributed by atoms with E-state index in [1.807, 2.05) is 30.3 Å². The maximum absolute atomic E-state index is 12.3. The Morgan fingerprint density at radius 3 is 2.79 bits per heavy atom. The zero-order valence-corrected chi connectivity index (χ0v) is 13.8. The van der Waals surface area contributed by atoms with E-state index in [-0.39, 0.29) is 5.91 Å². The molecule has 0 unspecified atom stereocenters. The van der Waals surface area contributed by atoms with Gasteiger partial charge in [0.2, 0.25) is 0 Å². The molecule has 3 heterocycles. The molecule has 0 aliphatic carbocycles. The number of para-hydroxylation sites is 2. The van der Waals surface area contributed by atoms with Gasteiger partial charge in [-0.25, -0.2) is 4.98 Å². The number of fused-ring (bicyclic) bond motifs is 1. The number of hydrogen-bond donors (Lipinski definition) is 0. The summed E-state index contributed by atoms with van der Waals surface area (Å²) in [5.41, 5.74) is 1.60. The van der Waals surface area contributed by atoms with Gasteiger partial charge in [0.1, 0.15) is 11.3 Å². The molecule has 0 bridgehead atoms. The summed E-state index contributed by atoms with van der Waals surface area (Å²) in [4.78, 5) is 18.5. The minimum absolute atomic E-state index is 0.0867. The van der Waals surface area contributed by atoms with Crippen molar-refractivity contribution >= 4 is 28.8 Å². The third kappa shape index (κ3) is 3.18. The fourth-order valence-corrected chi connectivity index (χ4v) is 3.27. The molecule has 0 atom stereocenters. The minimum atomic E-state index is -0.0867. The van der Waals surface area contributed by atoms with Crippen LogP contribution in [-0.2, 0) is 10.5 Å². The molecule has 124 valence electrons. The Morgan fingerprint density at radius 2 is 1.96 bits per heavy atom. The molecule has 0 radical (unpaired) electrons. The van der Waals surface area contributed by atoms with Gasteiger partial charge in [0, 0.05) is 13.1 Å². The van der Waals surface area contributed by atoms with Crippen molar-refractivity contribution in [3.8, 4) is 0 Å². The van der Waals surface area contributed by atoms with Gasteiger partial charge in [-0.2, -0.15) is 0 Å². The number of nitrogens with zero attached hydrogens (tertiary/aromatic N) is 2. The van der Waals surface area contributed by atoms with Crippen LogP contribution in [0.4, 0.5) is 0 Å². The molecule has 1 amide bonds. The van der Waals surface area contributed by atoms with Crippen LogP contribution in [0.1, 0.15) is 16.3 Å². The van der Waals surface area contributed by atoms with Gasteiger partial charge in [0.05, 0.1) is 19.0 Å². The number of ether oxygens (including phenoxy) is 1. The third-order valence-electron chi connectivity index (χ3n) is 3.78. The number of benzene rings is 1. The number of carbonyl (C=O) groups excluding carboxylic acids is 1. The Balaban J connectivity index is 1.40. The van der Waals surface area contributed by atoms with Crippen molar-refractivity contribution in [2.24, 2.45) is 0 Å². The van der Waals surface area contributed by atoms with Crippen LogP contribution in [0.5, 0.6) is 0 Å². The molecule has 1 aliphatic rings. The molecule has 1 aromatic carbocycles. The number of hydrogen-bond acceptors (Lipinski definition) is 6. The van der Waals surface area contributed by atoms with Crippen molar-refractivity contribution in [2.75, 3.05) is 26.3 Å². The van der Waals surface area contributed by atoms with E-state index in [1.165, 1.54) is 11.8 Å².